The van der Waals surface area contributed by atoms with E-state index in [1.807, 2.05) is 73.7 Å². The molecule has 1 atom stereocenters. The topological polar surface area (TPSA) is 96.0 Å². The molecule has 1 aliphatic rings. The van der Waals surface area contributed by atoms with Gasteiger partial charge in [0.2, 0.25) is 11.8 Å². The molecule has 1 aliphatic carbocycles. The van der Waals surface area contributed by atoms with Crippen LogP contribution >= 0.6 is 0 Å². The molecule has 1 fully saturated rings. The fourth-order valence-corrected chi connectivity index (χ4v) is 7.37. The van der Waals surface area contributed by atoms with Crippen molar-refractivity contribution in [2.24, 2.45) is 0 Å². The van der Waals surface area contributed by atoms with E-state index in [2.05, 4.69) is 5.32 Å². The van der Waals surface area contributed by atoms with Gasteiger partial charge in [0, 0.05) is 19.0 Å². The molecule has 240 valence electrons. The van der Waals surface area contributed by atoms with Crippen LogP contribution in [-0.4, -0.2) is 50.9 Å². The summed E-state index contributed by atoms with van der Waals surface area (Å²) >= 11 is 0. The predicted molar refractivity (Wildman–Crippen MR) is 180 cm³/mol. The molecule has 4 aromatic carbocycles. The fourth-order valence-electron chi connectivity index (χ4n) is 5.93. The van der Waals surface area contributed by atoms with Gasteiger partial charge in [0.15, 0.2) is 0 Å². The van der Waals surface area contributed by atoms with Crippen LogP contribution in [0.15, 0.2) is 114 Å². The summed E-state index contributed by atoms with van der Waals surface area (Å²) in [7, 11) is -2.76. The van der Waals surface area contributed by atoms with Gasteiger partial charge in [-0.3, -0.25) is 13.9 Å². The van der Waals surface area contributed by atoms with Gasteiger partial charge in [0.05, 0.1) is 17.7 Å². The molecule has 0 heterocycles. The number of hydrogen-bond acceptors (Lipinski definition) is 5. The number of benzene rings is 4. The van der Waals surface area contributed by atoms with Crippen LogP contribution in [0.3, 0.4) is 0 Å². The normalized spacial score (nSPS) is 14.0. The Kier molecular flexibility index (Phi) is 10.8. The lowest BCUT2D eigenvalue weighted by atomic mass is 10.0. The van der Waals surface area contributed by atoms with Crippen molar-refractivity contribution in [1.82, 2.24) is 10.2 Å². The number of nitrogens with zero attached hydrogens (tertiary/aromatic N) is 2. The summed E-state index contributed by atoms with van der Waals surface area (Å²) in [4.78, 5) is 30.3. The van der Waals surface area contributed by atoms with Crippen LogP contribution in [0, 0.1) is 6.92 Å². The Morgan fingerprint density at radius 1 is 0.848 bits per heavy atom. The summed E-state index contributed by atoms with van der Waals surface area (Å²) in [5, 5.41) is 3.20. The number of sulfonamides is 1. The third-order valence-corrected chi connectivity index (χ3v) is 10.2. The zero-order valence-corrected chi connectivity index (χ0v) is 27.2. The van der Waals surface area contributed by atoms with Gasteiger partial charge in [-0.2, -0.15) is 0 Å². The minimum Gasteiger partial charge on any atom is -0.495 e. The number of carbonyl (C=O) groups is 2. The average molecular weight is 640 g/mol. The molecule has 0 aromatic heterocycles. The number of amides is 2. The first-order valence-electron chi connectivity index (χ1n) is 15.7. The summed E-state index contributed by atoms with van der Waals surface area (Å²) in [6.45, 7) is 1.44. The standard InChI is InChI=1S/C37H41N3O5S/c1-28-22-23-35(45-2)33(24-28)40(46(43,44)32-20-10-5-11-21-32)27-36(41)39(26-30-16-8-4-9-17-30)34(25-29-14-6-3-7-15-29)37(42)38-31-18-12-13-19-31/h3-11,14-17,20-24,31,34H,12-13,18-19,25-27H2,1-2H3,(H,38,42)/t34-/m0/s1. The number of anilines is 1. The Hall–Kier alpha value is -4.63. The van der Waals surface area contributed by atoms with Gasteiger partial charge in [0.1, 0.15) is 18.3 Å². The van der Waals surface area contributed by atoms with Crippen molar-refractivity contribution >= 4 is 27.5 Å². The number of hydrogen-bond donors (Lipinski definition) is 1. The van der Waals surface area contributed by atoms with Crippen LogP contribution in [0.25, 0.3) is 0 Å². The van der Waals surface area contributed by atoms with Gasteiger partial charge in [-0.15, -0.1) is 0 Å². The van der Waals surface area contributed by atoms with Crippen molar-refractivity contribution in [3.05, 3.63) is 126 Å². The summed E-state index contributed by atoms with van der Waals surface area (Å²) in [5.74, 6) is -0.438. The zero-order valence-electron chi connectivity index (χ0n) is 26.3. The zero-order chi connectivity index (χ0) is 32.5. The molecular formula is C37H41N3O5S. The molecule has 0 spiro atoms. The van der Waals surface area contributed by atoms with Crippen molar-refractivity contribution in [1.29, 1.82) is 0 Å². The highest BCUT2D eigenvalue weighted by Gasteiger charge is 2.36. The molecule has 0 unspecified atom stereocenters. The molecule has 46 heavy (non-hydrogen) atoms. The lowest BCUT2D eigenvalue weighted by Gasteiger charge is -2.34. The van der Waals surface area contributed by atoms with Crippen molar-refractivity contribution in [3.63, 3.8) is 0 Å². The summed E-state index contributed by atoms with van der Waals surface area (Å²) < 4.78 is 35.2. The molecule has 8 nitrogen and oxygen atoms in total. The van der Waals surface area contributed by atoms with Crippen LogP contribution in [0.4, 0.5) is 5.69 Å². The number of ether oxygens (including phenoxy) is 1. The number of aryl methyl sites for hydroxylation is 1. The maximum Gasteiger partial charge on any atom is 0.264 e. The Bertz CT molecular complexity index is 1710. The molecule has 9 heteroatoms. The minimum absolute atomic E-state index is 0.0424. The van der Waals surface area contributed by atoms with Gasteiger partial charge >= 0.3 is 0 Å². The Balaban J connectivity index is 1.59. The number of methoxy groups -OCH3 is 1. The van der Waals surface area contributed by atoms with Gasteiger partial charge in [0.25, 0.3) is 10.0 Å². The number of rotatable bonds is 13. The fraction of sp³-hybridized carbons (Fsp3) is 0.297. The first-order chi connectivity index (χ1) is 22.3. The molecule has 4 aromatic rings. The van der Waals surface area contributed by atoms with Crippen molar-refractivity contribution in [2.75, 3.05) is 18.0 Å². The Morgan fingerprint density at radius 2 is 1.43 bits per heavy atom. The van der Waals surface area contributed by atoms with E-state index >= 15 is 0 Å². The minimum atomic E-state index is -4.22. The molecule has 0 aliphatic heterocycles. The molecule has 1 N–H and O–H groups in total. The smallest absolute Gasteiger partial charge is 0.264 e. The summed E-state index contributed by atoms with van der Waals surface area (Å²) in [6.07, 6.45) is 4.16. The second-order valence-electron chi connectivity index (χ2n) is 11.7. The molecule has 0 saturated heterocycles. The second-order valence-corrected chi connectivity index (χ2v) is 13.6. The third kappa shape index (κ3) is 7.95. The van der Waals surface area contributed by atoms with E-state index in [9.17, 15) is 18.0 Å². The molecule has 5 rings (SSSR count). The van der Waals surface area contributed by atoms with Crippen LogP contribution < -0.4 is 14.4 Å². The number of carbonyl (C=O) groups excluding carboxylic acids is 2. The first kappa shape index (κ1) is 32.8. The van der Waals surface area contributed by atoms with Crippen LogP contribution in [0.2, 0.25) is 0 Å². The lowest BCUT2D eigenvalue weighted by molar-refractivity contribution is -0.140. The quantitative estimate of drug-likeness (QED) is 0.197. The Morgan fingerprint density at radius 3 is 2.04 bits per heavy atom. The first-order valence-corrected chi connectivity index (χ1v) is 17.1. The van der Waals surface area contributed by atoms with Gasteiger partial charge in [-0.05, 0) is 60.7 Å². The predicted octanol–water partition coefficient (Wildman–Crippen LogP) is 5.90. The van der Waals surface area contributed by atoms with Crippen LogP contribution in [0.1, 0.15) is 42.4 Å². The van der Waals surface area contributed by atoms with E-state index in [1.165, 1.54) is 24.1 Å². The van der Waals surface area contributed by atoms with Crippen molar-refractivity contribution in [2.45, 2.75) is 62.6 Å². The highest BCUT2D eigenvalue weighted by atomic mass is 32.2. The lowest BCUT2D eigenvalue weighted by Crippen LogP contribution is -2.54. The van der Waals surface area contributed by atoms with Crippen LogP contribution in [0.5, 0.6) is 5.75 Å². The van der Waals surface area contributed by atoms with Crippen LogP contribution in [-0.2, 0) is 32.6 Å². The molecule has 1 saturated carbocycles. The van der Waals surface area contributed by atoms with Gasteiger partial charge < -0.3 is 15.0 Å². The number of nitrogens with one attached hydrogen (secondary N) is 1. The van der Waals surface area contributed by atoms with E-state index < -0.39 is 28.5 Å². The average Bonchev–Trinajstić information content (AvgIpc) is 3.59. The SMILES string of the molecule is COc1ccc(C)cc1N(CC(=O)N(Cc1ccccc1)[C@@H](Cc1ccccc1)C(=O)NC1CCCC1)S(=O)(=O)c1ccccc1. The van der Waals surface area contributed by atoms with E-state index in [0.717, 1.165) is 46.7 Å². The molecule has 2 amide bonds. The van der Waals surface area contributed by atoms with Gasteiger partial charge in [-0.25, -0.2) is 8.42 Å². The monoisotopic (exact) mass is 639 g/mol. The van der Waals surface area contributed by atoms with Crippen molar-refractivity contribution < 1.29 is 22.7 Å². The maximum atomic E-state index is 14.7. The molecule has 0 bridgehead atoms. The largest absolute Gasteiger partial charge is 0.495 e. The Labute approximate surface area is 272 Å². The van der Waals surface area contributed by atoms with Crippen molar-refractivity contribution in [3.8, 4) is 5.75 Å². The van der Waals surface area contributed by atoms with Gasteiger partial charge in [-0.1, -0.05) is 97.8 Å². The van der Waals surface area contributed by atoms with E-state index in [1.54, 1.807) is 30.3 Å². The second kappa shape index (κ2) is 15.1. The highest BCUT2D eigenvalue weighted by Crippen LogP contribution is 2.34. The highest BCUT2D eigenvalue weighted by molar-refractivity contribution is 7.92. The van der Waals surface area contributed by atoms with E-state index in [4.69, 9.17) is 4.74 Å². The maximum absolute atomic E-state index is 14.7. The summed E-state index contributed by atoms with van der Waals surface area (Å²) in [5.41, 5.74) is 2.77. The van der Waals surface area contributed by atoms with E-state index in [0.29, 0.717) is 5.75 Å². The molecular weight excluding hydrogens is 598 g/mol. The third-order valence-electron chi connectivity index (χ3n) is 8.38. The molecule has 0 radical (unpaired) electrons. The van der Waals surface area contributed by atoms with E-state index in [-0.39, 0.29) is 35.5 Å². The summed E-state index contributed by atoms with van der Waals surface area (Å²) in [6, 6.07) is 31.5.